The summed E-state index contributed by atoms with van der Waals surface area (Å²) in [7, 11) is 2.02. The van der Waals surface area contributed by atoms with Crippen molar-refractivity contribution in [2.75, 3.05) is 7.05 Å². The van der Waals surface area contributed by atoms with E-state index in [0.717, 1.165) is 11.9 Å². The van der Waals surface area contributed by atoms with Gasteiger partial charge in [0.2, 0.25) is 0 Å². The zero-order chi connectivity index (χ0) is 13.2. The average molecular weight is 400 g/mol. The fraction of sp³-hybridized carbons (Fsp3) is 0.214. The Hall–Kier alpha value is -0.500. The average Bonchev–Trinajstić information content (AvgIpc) is 3.01. The minimum Gasteiger partial charge on any atom is -0.313 e. The summed E-state index contributed by atoms with van der Waals surface area (Å²) in [5, 5.41) is 6.82. The molecule has 0 saturated carbocycles. The van der Waals surface area contributed by atoms with Crippen LogP contribution in [0.4, 0.5) is 0 Å². The van der Waals surface area contributed by atoms with Gasteiger partial charge in [0.05, 0.1) is 18.1 Å². The van der Waals surface area contributed by atoms with Crippen LogP contribution in [0.3, 0.4) is 0 Å². The first-order chi connectivity index (χ1) is 9.26. The number of nitrogens with one attached hydrogen (secondary N) is 1. The lowest BCUT2D eigenvalue weighted by atomic mass is 10.1. The largest absolute Gasteiger partial charge is 0.313 e. The van der Waals surface area contributed by atoms with Crippen LogP contribution in [0.15, 0.2) is 35.7 Å². The van der Waals surface area contributed by atoms with Gasteiger partial charge < -0.3 is 5.32 Å². The van der Waals surface area contributed by atoms with Gasteiger partial charge in [0, 0.05) is 12.5 Å². The van der Waals surface area contributed by atoms with E-state index in [1.807, 2.05) is 13.1 Å². The van der Waals surface area contributed by atoms with E-state index in [1.54, 1.807) is 22.7 Å². The van der Waals surface area contributed by atoms with Crippen LogP contribution in [0, 0.1) is 2.88 Å². The van der Waals surface area contributed by atoms with Crippen molar-refractivity contribution in [3.8, 4) is 0 Å². The molecule has 2 nitrogen and oxygen atoms in total. The number of rotatable bonds is 4. The Morgan fingerprint density at radius 1 is 1.37 bits per heavy atom. The molecule has 1 unspecified atom stereocenters. The van der Waals surface area contributed by atoms with Crippen molar-refractivity contribution >= 4 is 55.5 Å². The molecule has 5 heteroatoms. The van der Waals surface area contributed by atoms with E-state index in [2.05, 4.69) is 57.6 Å². The van der Waals surface area contributed by atoms with Crippen LogP contribution in [0.2, 0.25) is 0 Å². The number of para-hydroxylation sites is 1. The van der Waals surface area contributed by atoms with Crippen molar-refractivity contribution < 1.29 is 0 Å². The fourth-order valence-electron chi connectivity index (χ4n) is 2.07. The normalized spacial score (nSPS) is 12.9. The monoisotopic (exact) mass is 400 g/mol. The van der Waals surface area contributed by atoms with E-state index < -0.39 is 0 Å². The first-order valence-corrected chi connectivity index (χ1v) is 8.79. The topological polar surface area (TPSA) is 24.9 Å². The molecule has 19 heavy (non-hydrogen) atoms. The molecule has 0 amide bonds. The number of aromatic nitrogens is 1. The molecule has 1 N–H and O–H groups in total. The smallest absolute Gasteiger partial charge is 0.0957 e. The van der Waals surface area contributed by atoms with Crippen molar-refractivity contribution in [3.63, 3.8) is 0 Å². The number of fused-ring (bicyclic) bond motifs is 1. The Kier molecular flexibility index (Phi) is 4.16. The van der Waals surface area contributed by atoms with Gasteiger partial charge in [0.15, 0.2) is 0 Å². The van der Waals surface area contributed by atoms with Gasteiger partial charge in [-0.25, -0.2) is 4.98 Å². The molecule has 0 saturated heterocycles. The number of benzene rings is 1. The standard InChI is InChI=1S/C14H13IN2S2/c1-16-11(9-6-13(15)18-8-9)7-14-17-10-4-2-3-5-12(10)19-14/h2-6,8,11,16H,7H2,1H3. The molecule has 98 valence electrons. The highest BCUT2D eigenvalue weighted by Crippen LogP contribution is 2.28. The predicted octanol–water partition coefficient (Wildman–Crippen LogP) is 4.47. The van der Waals surface area contributed by atoms with Crippen LogP contribution in [-0.4, -0.2) is 12.0 Å². The Labute approximate surface area is 134 Å². The molecule has 0 aliphatic heterocycles. The molecule has 0 bridgehead atoms. The van der Waals surface area contributed by atoms with E-state index in [9.17, 15) is 0 Å². The summed E-state index contributed by atoms with van der Waals surface area (Å²) in [6.45, 7) is 0. The summed E-state index contributed by atoms with van der Waals surface area (Å²) in [4.78, 5) is 4.71. The first-order valence-electron chi connectivity index (χ1n) is 6.02. The summed E-state index contributed by atoms with van der Waals surface area (Å²) in [6, 6.07) is 10.9. The third-order valence-electron chi connectivity index (χ3n) is 3.06. The third-order valence-corrected chi connectivity index (χ3v) is 5.92. The molecule has 0 spiro atoms. The zero-order valence-electron chi connectivity index (χ0n) is 10.4. The minimum atomic E-state index is 0.348. The van der Waals surface area contributed by atoms with Gasteiger partial charge in [-0.2, -0.15) is 0 Å². The van der Waals surface area contributed by atoms with Crippen molar-refractivity contribution in [1.82, 2.24) is 10.3 Å². The molecular weight excluding hydrogens is 387 g/mol. The van der Waals surface area contributed by atoms with Crippen molar-refractivity contribution in [3.05, 3.63) is 49.2 Å². The second-order valence-corrected chi connectivity index (χ2v) is 8.23. The van der Waals surface area contributed by atoms with Crippen molar-refractivity contribution in [2.45, 2.75) is 12.5 Å². The van der Waals surface area contributed by atoms with Gasteiger partial charge in [-0.15, -0.1) is 22.7 Å². The number of hydrogen-bond acceptors (Lipinski definition) is 4. The number of likely N-dealkylation sites (N-methyl/N-ethyl adjacent to an activating group) is 1. The number of hydrogen-bond donors (Lipinski definition) is 1. The molecule has 3 aromatic rings. The lowest BCUT2D eigenvalue weighted by molar-refractivity contribution is 0.592. The van der Waals surface area contributed by atoms with Gasteiger partial charge in [0.1, 0.15) is 0 Å². The molecule has 2 aromatic heterocycles. The highest BCUT2D eigenvalue weighted by molar-refractivity contribution is 14.1. The Bertz CT molecular complexity index is 656. The number of thiazole rings is 1. The maximum Gasteiger partial charge on any atom is 0.0957 e. The van der Waals surface area contributed by atoms with Crippen molar-refractivity contribution in [2.24, 2.45) is 0 Å². The Morgan fingerprint density at radius 3 is 2.89 bits per heavy atom. The molecule has 1 aromatic carbocycles. The predicted molar refractivity (Wildman–Crippen MR) is 92.2 cm³/mol. The van der Waals surface area contributed by atoms with E-state index in [1.165, 1.54) is 18.2 Å². The van der Waals surface area contributed by atoms with Gasteiger partial charge >= 0.3 is 0 Å². The summed E-state index contributed by atoms with van der Waals surface area (Å²) >= 11 is 5.96. The summed E-state index contributed by atoms with van der Waals surface area (Å²) in [6.07, 6.45) is 0.947. The number of thiophene rings is 1. The minimum absolute atomic E-state index is 0.348. The quantitative estimate of drug-likeness (QED) is 0.654. The van der Waals surface area contributed by atoms with E-state index in [4.69, 9.17) is 4.98 Å². The Morgan fingerprint density at radius 2 is 2.21 bits per heavy atom. The van der Waals surface area contributed by atoms with Crippen LogP contribution < -0.4 is 5.32 Å². The van der Waals surface area contributed by atoms with Crippen LogP contribution in [0.5, 0.6) is 0 Å². The second-order valence-electron chi connectivity index (χ2n) is 4.30. The molecule has 1 atom stereocenters. The van der Waals surface area contributed by atoms with Gasteiger partial charge in [-0.1, -0.05) is 12.1 Å². The summed E-state index contributed by atoms with van der Waals surface area (Å²) in [5.74, 6) is 0. The number of halogens is 1. The lowest BCUT2D eigenvalue weighted by Gasteiger charge is -2.12. The Balaban J connectivity index is 1.86. The van der Waals surface area contributed by atoms with Gasteiger partial charge in [-0.3, -0.25) is 0 Å². The third kappa shape index (κ3) is 2.99. The molecule has 0 aliphatic carbocycles. The first kappa shape index (κ1) is 13.5. The van der Waals surface area contributed by atoms with E-state index in [0.29, 0.717) is 6.04 Å². The van der Waals surface area contributed by atoms with Crippen LogP contribution in [-0.2, 0) is 6.42 Å². The molecule has 0 aliphatic rings. The highest BCUT2D eigenvalue weighted by atomic mass is 127. The molecule has 0 radical (unpaired) electrons. The molecule has 2 heterocycles. The zero-order valence-corrected chi connectivity index (χ0v) is 14.2. The van der Waals surface area contributed by atoms with Crippen LogP contribution >= 0.6 is 45.3 Å². The number of nitrogens with zero attached hydrogens (tertiary/aromatic N) is 1. The molecular formula is C14H13IN2S2. The van der Waals surface area contributed by atoms with Crippen LogP contribution in [0.25, 0.3) is 10.2 Å². The van der Waals surface area contributed by atoms with E-state index in [-0.39, 0.29) is 0 Å². The second kappa shape index (κ2) is 5.87. The van der Waals surface area contributed by atoms with Crippen molar-refractivity contribution in [1.29, 1.82) is 0 Å². The summed E-state index contributed by atoms with van der Waals surface area (Å²) in [5.41, 5.74) is 2.47. The summed E-state index contributed by atoms with van der Waals surface area (Å²) < 4.78 is 2.60. The molecule has 3 rings (SSSR count). The molecule has 0 fully saturated rings. The maximum absolute atomic E-state index is 4.71. The lowest BCUT2D eigenvalue weighted by Crippen LogP contribution is -2.18. The highest BCUT2D eigenvalue weighted by Gasteiger charge is 2.14. The van der Waals surface area contributed by atoms with Crippen LogP contribution in [0.1, 0.15) is 16.6 Å². The SMILES string of the molecule is CNC(Cc1nc2ccccc2s1)c1csc(I)c1. The van der Waals surface area contributed by atoms with E-state index >= 15 is 0 Å². The fourth-order valence-corrected chi connectivity index (χ4v) is 4.51. The van der Waals surface area contributed by atoms with Gasteiger partial charge in [-0.05, 0) is 58.8 Å². The maximum atomic E-state index is 4.71. The van der Waals surface area contributed by atoms with Gasteiger partial charge in [0.25, 0.3) is 0 Å².